The van der Waals surface area contributed by atoms with Crippen LogP contribution in [0.15, 0.2) is 72.8 Å². The van der Waals surface area contributed by atoms with E-state index in [0.29, 0.717) is 16.8 Å². The van der Waals surface area contributed by atoms with Crippen LogP contribution in [0, 0.1) is 28.9 Å². The van der Waals surface area contributed by atoms with Crippen molar-refractivity contribution in [2.75, 3.05) is 4.90 Å². The highest BCUT2D eigenvalue weighted by atomic mass is 16.6. The number of anilines is 1. The smallest absolute Gasteiger partial charge is 0.274 e. The number of hydrogen-bond donors (Lipinski definition) is 0. The summed E-state index contributed by atoms with van der Waals surface area (Å²) in [6.07, 6.45) is 0. The maximum Gasteiger partial charge on any atom is 0.285 e. The fourth-order valence-electron chi connectivity index (χ4n) is 6.06. The molecule has 6 heteroatoms. The molecule has 1 heterocycles. The van der Waals surface area contributed by atoms with Crippen molar-refractivity contribution in [2.24, 2.45) is 11.8 Å². The van der Waals surface area contributed by atoms with Crippen molar-refractivity contribution in [3.63, 3.8) is 0 Å². The first-order valence-electron chi connectivity index (χ1n) is 10.3. The molecule has 0 saturated carbocycles. The number of carbonyl (C=O) groups excluding carboxylic acids is 2. The van der Waals surface area contributed by atoms with E-state index in [2.05, 4.69) is 0 Å². The van der Waals surface area contributed by atoms with Crippen LogP contribution in [0.3, 0.4) is 0 Å². The Balaban J connectivity index is 1.68. The minimum absolute atomic E-state index is 0.345. The minimum atomic E-state index is -1.78. The van der Waals surface area contributed by atoms with Gasteiger partial charge in [-0.15, -0.1) is 0 Å². The van der Waals surface area contributed by atoms with Crippen molar-refractivity contribution < 1.29 is 14.5 Å². The SMILES string of the molecule is Cc1cccc(N2C(=O)[C@H]3C4c5ccccc5C([N+](=O)[O-])(c5ccccc54)[C@H]3C2=O)c1. The number of imide groups is 1. The summed E-state index contributed by atoms with van der Waals surface area (Å²) in [5.74, 6) is -3.12. The lowest BCUT2D eigenvalue weighted by Crippen LogP contribution is -2.57. The lowest BCUT2D eigenvalue weighted by atomic mass is 9.51. The molecule has 1 aliphatic heterocycles. The molecule has 3 aliphatic carbocycles. The summed E-state index contributed by atoms with van der Waals surface area (Å²) >= 11 is 0. The average molecular weight is 410 g/mol. The molecule has 3 aromatic carbocycles. The van der Waals surface area contributed by atoms with E-state index >= 15 is 0 Å². The first kappa shape index (κ1) is 18.0. The summed E-state index contributed by atoms with van der Waals surface area (Å²) in [5, 5.41) is 12.9. The Hall–Kier alpha value is -3.80. The van der Waals surface area contributed by atoms with Crippen LogP contribution in [0.1, 0.15) is 33.7 Å². The largest absolute Gasteiger partial charge is 0.285 e. The zero-order valence-corrected chi connectivity index (χ0v) is 16.7. The van der Waals surface area contributed by atoms with Gasteiger partial charge in [-0.25, -0.2) is 4.90 Å². The van der Waals surface area contributed by atoms with Crippen LogP contribution in [0.4, 0.5) is 5.69 Å². The van der Waals surface area contributed by atoms with Gasteiger partial charge in [0.15, 0.2) is 0 Å². The van der Waals surface area contributed by atoms with E-state index in [1.165, 1.54) is 4.90 Å². The number of rotatable bonds is 2. The van der Waals surface area contributed by atoms with E-state index in [1.807, 2.05) is 37.3 Å². The molecule has 152 valence electrons. The molecule has 1 fully saturated rings. The zero-order valence-electron chi connectivity index (χ0n) is 16.7. The van der Waals surface area contributed by atoms with Crippen LogP contribution >= 0.6 is 0 Å². The van der Waals surface area contributed by atoms with Gasteiger partial charge >= 0.3 is 0 Å². The van der Waals surface area contributed by atoms with Gasteiger partial charge in [-0.1, -0.05) is 60.7 Å². The summed E-state index contributed by atoms with van der Waals surface area (Å²) in [6.45, 7) is 1.88. The van der Waals surface area contributed by atoms with Gasteiger partial charge in [0.1, 0.15) is 5.92 Å². The van der Waals surface area contributed by atoms with Crippen LogP contribution < -0.4 is 4.90 Å². The van der Waals surface area contributed by atoms with Gasteiger partial charge in [0.25, 0.3) is 5.54 Å². The van der Waals surface area contributed by atoms with E-state index in [1.54, 1.807) is 42.5 Å². The number of benzene rings is 3. The molecule has 2 amide bonds. The zero-order chi connectivity index (χ0) is 21.5. The van der Waals surface area contributed by atoms with Crippen LogP contribution in [-0.2, 0) is 15.1 Å². The highest BCUT2D eigenvalue weighted by molar-refractivity contribution is 6.23. The molecule has 0 aromatic heterocycles. The fraction of sp³-hybridized carbons (Fsp3) is 0.200. The molecule has 0 spiro atoms. The van der Waals surface area contributed by atoms with Gasteiger partial charge < -0.3 is 0 Å². The van der Waals surface area contributed by atoms with Gasteiger partial charge in [0.05, 0.1) is 11.6 Å². The van der Waals surface area contributed by atoms with Gasteiger partial charge in [-0.2, -0.15) is 0 Å². The Morgan fingerprint density at radius 2 is 1.48 bits per heavy atom. The number of nitrogens with zero attached hydrogens (tertiary/aromatic N) is 2. The Bertz CT molecular complexity index is 1270. The molecular weight excluding hydrogens is 392 g/mol. The first-order valence-corrected chi connectivity index (χ1v) is 10.3. The predicted octanol–water partition coefficient (Wildman–Crippen LogP) is 3.78. The Morgan fingerprint density at radius 1 is 0.871 bits per heavy atom. The minimum Gasteiger partial charge on any atom is -0.274 e. The molecule has 0 radical (unpaired) electrons. The Morgan fingerprint density at radius 3 is 2.06 bits per heavy atom. The van der Waals surface area contributed by atoms with Crippen LogP contribution in [0.25, 0.3) is 0 Å². The number of aryl methyl sites for hydroxylation is 1. The van der Waals surface area contributed by atoms with E-state index in [9.17, 15) is 19.7 Å². The van der Waals surface area contributed by atoms with Crippen molar-refractivity contribution in [2.45, 2.75) is 18.4 Å². The quantitative estimate of drug-likeness (QED) is 0.366. The predicted molar refractivity (Wildman–Crippen MR) is 113 cm³/mol. The molecule has 2 atom stereocenters. The van der Waals surface area contributed by atoms with Crippen molar-refractivity contribution in [1.29, 1.82) is 0 Å². The molecule has 1 saturated heterocycles. The second-order valence-corrected chi connectivity index (χ2v) is 8.53. The van der Waals surface area contributed by atoms with E-state index in [4.69, 9.17) is 0 Å². The maximum atomic E-state index is 13.8. The summed E-state index contributed by atoms with van der Waals surface area (Å²) in [7, 11) is 0. The van der Waals surface area contributed by atoms with Crippen molar-refractivity contribution in [3.8, 4) is 0 Å². The third kappa shape index (κ3) is 1.97. The number of amides is 2. The molecule has 2 bridgehead atoms. The van der Waals surface area contributed by atoms with Crippen LogP contribution in [-0.4, -0.2) is 16.7 Å². The first-order chi connectivity index (χ1) is 15.0. The van der Waals surface area contributed by atoms with Crippen molar-refractivity contribution >= 4 is 17.5 Å². The number of nitro groups is 1. The van der Waals surface area contributed by atoms with Gasteiger partial charge in [-0.05, 0) is 35.7 Å². The number of carbonyl (C=O) groups is 2. The molecule has 4 aliphatic rings. The van der Waals surface area contributed by atoms with Crippen LogP contribution in [0.2, 0.25) is 0 Å². The van der Waals surface area contributed by atoms with Gasteiger partial charge in [-0.3, -0.25) is 19.7 Å². The van der Waals surface area contributed by atoms with E-state index in [-0.39, 0.29) is 16.7 Å². The van der Waals surface area contributed by atoms with Crippen molar-refractivity contribution in [1.82, 2.24) is 0 Å². The topological polar surface area (TPSA) is 80.5 Å². The van der Waals surface area contributed by atoms with Gasteiger partial charge in [0.2, 0.25) is 11.8 Å². The fourth-order valence-corrected chi connectivity index (χ4v) is 6.06. The highest BCUT2D eigenvalue weighted by Crippen LogP contribution is 2.64. The lowest BCUT2D eigenvalue weighted by Gasteiger charge is -2.48. The monoisotopic (exact) mass is 410 g/mol. The Kier molecular flexibility index (Phi) is 3.41. The molecule has 0 unspecified atom stereocenters. The molecule has 31 heavy (non-hydrogen) atoms. The third-order valence-electron chi connectivity index (χ3n) is 7.12. The van der Waals surface area contributed by atoms with Gasteiger partial charge in [0, 0.05) is 22.0 Å². The second kappa shape index (κ2) is 5.88. The number of hydrogen-bond acceptors (Lipinski definition) is 4. The summed E-state index contributed by atoms with van der Waals surface area (Å²) in [6, 6.07) is 21.6. The highest BCUT2D eigenvalue weighted by Gasteiger charge is 2.74. The van der Waals surface area contributed by atoms with E-state index < -0.39 is 23.3 Å². The second-order valence-electron chi connectivity index (χ2n) is 8.53. The molecular formula is C25H18N2O4. The summed E-state index contributed by atoms with van der Waals surface area (Å²) in [5.41, 5.74) is 2.19. The Labute approximate surface area is 178 Å². The van der Waals surface area contributed by atoms with E-state index in [0.717, 1.165) is 16.7 Å². The molecule has 7 rings (SSSR count). The molecule has 0 N–H and O–H groups in total. The summed E-state index contributed by atoms with van der Waals surface area (Å²) in [4.78, 5) is 41.2. The third-order valence-corrected chi connectivity index (χ3v) is 7.12. The average Bonchev–Trinajstić information content (AvgIpc) is 3.04. The molecule has 6 nitrogen and oxygen atoms in total. The van der Waals surface area contributed by atoms with Crippen LogP contribution in [0.5, 0.6) is 0 Å². The standard InChI is InChI=1S/C25H18N2O4/c1-14-7-6-8-15(13-14)26-23(28)21-20-16-9-2-4-11-18(16)25(27(30)31,22(21)24(26)29)19-12-5-3-10-17(19)20/h2-13,20-22H,1H3/t20?,21-,22+,25?/m0/s1. The normalized spacial score (nSPS) is 27.6. The maximum absolute atomic E-state index is 13.8. The lowest BCUT2D eigenvalue weighted by molar-refractivity contribution is -0.578. The summed E-state index contributed by atoms with van der Waals surface area (Å²) < 4.78 is 0. The van der Waals surface area contributed by atoms with Crippen molar-refractivity contribution in [3.05, 3.63) is 111 Å². The molecule has 3 aromatic rings.